The Bertz CT molecular complexity index is 1020. The second kappa shape index (κ2) is 9.62. The molecule has 166 valence electrons. The van der Waals surface area contributed by atoms with Gasteiger partial charge in [0.2, 0.25) is 5.91 Å². The number of likely N-dealkylation sites (tertiary alicyclic amines) is 1. The standard InChI is InChI=1S/C25H26ClN3O3/c26-21-6-4-19(5-7-21)20-8-11-25(12-9-20)13-10-23(30)29(25)14-15-32-24(31)28-22-3-1-2-18(16-22)17-27/h1-7,16,20H,8-15H2,(H,28,31). The number of amides is 2. The van der Waals surface area contributed by atoms with E-state index in [1.54, 1.807) is 24.3 Å². The van der Waals surface area contributed by atoms with Crippen molar-refractivity contribution in [2.24, 2.45) is 0 Å². The lowest BCUT2D eigenvalue weighted by Crippen LogP contribution is -2.49. The number of nitrogens with one attached hydrogen (secondary N) is 1. The van der Waals surface area contributed by atoms with E-state index in [0.717, 1.165) is 37.1 Å². The van der Waals surface area contributed by atoms with E-state index >= 15 is 0 Å². The van der Waals surface area contributed by atoms with E-state index in [1.807, 2.05) is 23.1 Å². The molecule has 1 N–H and O–H groups in total. The molecule has 0 atom stereocenters. The van der Waals surface area contributed by atoms with Crippen LogP contribution in [0.25, 0.3) is 0 Å². The van der Waals surface area contributed by atoms with Gasteiger partial charge in [-0.05, 0) is 73.9 Å². The molecular formula is C25H26ClN3O3. The minimum Gasteiger partial charge on any atom is -0.447 e. The molecule has 1 spiro atoms. The van der Waals surface area contributed by atoms with Crippen LogP contribution >= 0.6 is 11.6 Å². The maximum Gasteiger partial charge on any atom is 0.411 e. The summed E-state index contributed by atoms with van der Waals surface area (Å²) in [5, 5.41) is 12.3. The Kier molecular flexibility index (Phi) is 6.66. The van der Waals surface area contributed by atoms with Crippen LogP contribution in [-0.4, -0.2) is 35.6 Å². The highest BCUT2D eigenvalue weighted by Gasteiger charge is 2.46. The average molecular weight is 452 g/mol. The highest BCUT2D eigenvalue weighted by atomic mass is 35.5. The number of hydrogen-bond donors (Lipinski definition) is 1. The van der Waals surface area contributed by atoms with Crippen LogP contribution in [0, 0.1) is 11.3 Å². The molecule has 0 radical (unpaired) electrons. The number of anilines is 1. The molecule has 6 nitrogen and oxygen atoms in total. The summed E-state index contributed by atoms with van der Waals surface area (Å²) >= 11 is 6.02. The predicted molar refractivity (Wildman–Crippen MR) is 122 cm³/mol. The smallest absolute Gasteiger partial charge is 0.411 e. The van der Waals surface area contributed by atoms with Gasteiger partial charge < -0.3 is 9.64 Å². The molecule has 1 saturated heterocycles. The lowest BCUT2D eigenvalue weighted by atomic mass is 9.73. The minimum absolute atomic E-state index is 0.124. The lowest BCUT2D eigenvalue weighted by Gasteiger charge is -2.44. The van der Waals surface area contributed by atoms with Gasteiger partial charge in [0.15, 0.2) is 0 Å². The van der Waals surface area contributed by atoms with Crippen LogP contribution in [0.1, 0.15) is 55.6 Å². The Morgan fingerprint density at radius 3 is 2.66 bits per heavy atom. The fraction of sp³-hybridized carbons (Fsp3) is 0.400. The van der Waals surface area contributed by atoms with Gasteiger partial charge in [-0.2, -0.15) is 5.26 Å². The van der Waals surface area contributed by atoms with Gasteiger partial charge in [-0.15, -0.1) is 0 Å². The molecule has 7 heteroatoms. The van der Waals surface area contributed by atoms with Gasteiger partial charge in [0, 0.05) is 22.7 Å². The van der Waals surface area contributed by atoms with Crippen LogP contribution in [0.5, 0.6) is 0 Å². The molecule has 2 aromatic rings. The van der Waals surface area contributed by atoms with Gasteiger partial charge in [0.1, 0.15) is 6.61 Å². The average Bonchev–Trinajstić information content (AvgIpc) is 3.10. The zero-order chi connectivity index (χ0) is 22.6. The largest absolute Gasteiger partial charge is 0.447 e. The normalized spacial score (nSPS) is 22.6. The molecule has 4 rings (SSSR count). The van der Waals surface area contributed by atoms with Crippen molar-refractivity contribution in [2.45, 2.75) is 50.0 Å². The quantitative estimate of drug-likeness (QED) is 0.652. The summed E-state index contributed by atoms with van der Waals surface area (Å²) in [7, 11) is 0. The zero-order valence-corrected chi connectivity index (χ0v) is 18.6. The number of benzene rings is 2. The van der Waals surface area contributed by atoms with E-state index in [2.05, 4.69) is 17.4 Å². The SMILES string of the molecule is N#Cc1cccc(NC(=O)OCCN2C(=O)CCC23CCC(c2ccc(Cl)cc2)CC3)c1. The zero-order valence-electron chi connectivity index (χ0n) is 17.9. The fourth-order valence-corrected chi connectivity index (χ4v) is 5.16. The van der Waals surface area contributed by atoms with E-state index < -0.39 is 6.09 Å². The summed E-state index contributed by atoms with van der Waals surface area (Å²) in [6.45, 7) is 0.536. The van der Waals surface area contributed by atoms with Crippen LogP contribution in [0.15, 0.2) is 48.5 Å². The monoisotopic (exact) mass is 451 g/mol. The van der Waals surface area contributed by atoms with E-state index in [4.69, 9.17) is 21.6 Å². The number of nitriles is 1. The topological polar surface area (TPSA) is 82.4 Å². The van der Waals surface area contributed by atoms with Crippen molar-refractivity contribution in [2.75, 3.05) is 18.5 Å². The number of halogens is 1. The van der Waals surface area contributed by atoms with Crippen molar-refractivity contribution in [3.05, 3.63) is 64.7 Å². The van der Waals surface area contributed by atoms with Crippen LogP contribution in [0.3, 0.4) is 0 Å². The summed E-state index contributed by atoms with van der Waals surface area (Å²) in [5.41, 5.74) is 2.14. The lowest BCUT2D eigenvalue weighted by molar-refractivity contribution is -0.132. The first-order chi connectivity index (χ1) is 15.5. The first-order valence-electron chi connectivity index (χ1n) is 11.0. The number of ether oxygens (including phenoxy) is 1. The molecule has 0 bridgehead atoms. The maximum atomic E-state index is 12.6. The number of rotatable bonds is 5. The van der Waals surface area contributed by atoms with Gasteiger partial charge in [-0.25, -0.2) is 4.79 Å². The number of carbonyl (C=O) groups is 2. The van der Waals surface area contributed by atoms with Crippen molar-refractivity contribution in [1.29, 1.82) is 5.26 Å². The third-order valence-corrected chi connectivity index (χ3v) is 6.97. The van der Waals surface area contributed by atoms with Crippen LogP contribution in [-0.2, 0) is 9.53 Å². The summed E-state index contributed by atoms with van der Waals surface area (Å²) in [6.07, 6.45) is 4.81. The Balaban J connectivity index is 1.30. The van der Waals surface area contributed by atoms with Crippen molar-refractivity contribution in [1.82, 2.24) is 4.90 Å². The van der Waals surface area contributed by atoms with Gasteiger partial charge in [-0.1, -0.05) is 29.8 Å². The molecule has 0 unspecified atom stereocenters. The van der Waals surface area contributed by atoms with Crippen LogP contribution in [0.2, 0.25) is 5.02 Å². The first kappa shape index (κ1) is 22.2. The molecule has 1 saturated carbocycles. The molecule has 1 aliphatic heterocycles. The molecule has 1 heterocycles. The van der Waals surface area contributed by atoms with Gasteiger partial charge >= 0.3 is 6.09 Å². The number of carbonyl (C=O) groups excluding carboxylic acids is 2. The molecule has 2 fully saturated rings. The van der Waals surface area contributed by atoms with Crippen LogP contribution in [0.4, 0.5) is 10.5 Å². The van der Waals surface area contributed by atoms with E-state index in [-0.39, 0.29) is 18.1 Å². The Morgan fingerprint density at radius 2 is 1.94 bits per heavy atom. The van der Waals surface area contributed by atoms with Crippen molar-refractivity contribution in [3.63, 3.8) is 0 Å². The Morgan fingerprint density at radius 1 is 1.19 bits per heavy atom. The maximum absolute atomic E-state index is 12.6. The minimum atomic E-state index is -0.591. The Labute approximate surface area is 193 Å². The third-order valence-electron chi connectivity index (χ3n) is 6.72. The van der Waals surface area contributed by atoms with Crippen LogP contribution < -0.4 is 5.32 Å². The van der Waals surface area contributed by atoms with E-state index in [9.17, 15) is 9.59 Å². The van der Waals surface area contributed by atoms with E-state index in [1.165, 1.54) is 5.56 Å². The van der Waals surface area contributed by atoms with Crippen molar-refractivity contribution < 1.29 is 14.3 Å². The highest BCUT2D eigenvalue weighted by Crippen LogP contribution is 2.46. The van der Waals surface area contributed by atoms with Crippen molar-refractivity contribution >= 4 is 29.3 Å². The molecule has 2 aromatic carbocycles. The number of hydrogen-bond acceptors (Lipinski definition) is 4. The molecule has 32 heavy (non-hydrogen) atoms. The molecule has 2 aliphatic rings. The molecule has 0 aromatic heterocycles. The van der Waals surface area contributed by atoms with E-state index in [0.29, 0.717) is 30.1 Å². The Hall–Kier alpha value is -3.04. The third kappa shape index (κ3) is 4.89. The predicted octanol–water partition coefficient (Wildman–Crippen LogP) is 5.48. The van der Waals surface area contributed by atoms with Crippen molar-refractivity contribution in [3.8, 4) is 6.07 Å². The van der Waals surface area contributed by atoms with Gasteiger partial charge in [0.05, 0.1) is 18.2 Å². The summed E-state index contributed by atoms with van der Waals surface area (Å²) in [6, 6.07) is 16.7. The van der Waals surface area contributed by atoms with Gasteiger partial charge in [0.25, 0.3) is 0 Å². The second-order valence-corrected chi connectivity index (χ2v) is 8.99. The first-order valence-corrected chi connectivity index (χ1v) is 11.4. The summed E-state index contributed by atoms with van der Waals surface area (Å²) < 4.78 is 5.33. The highest BCUT2D eigenvalue weighted by molar-refractivity contribution is 6.30. The molecule has 2 amide bonds. The van der Waals surface area contributed by atoms with Gasteiger partial charge in [-0.3, -0.25) is 10.1 Å². The second-order valence-electron chi connectivity index (χ2n) is 8.55. The fourth-order valence-electron chi connectivity index (χ4n) is 5.03. The summed E-state index contributed by atoms with van der Waals surface area (Å²) in [5.74, 6) is 0.627. The molecular weight excluding hydrogens is 426 g/mol. The number of nitrogens with zero attached hydrogens (tertiary/aromatic N) is 2. The summed E-state index contributed by atoms with van der Waals surface area (Å²) in [4.78, 5) is 26.7. The molecule has 1 aliphatic carbocycles.